The normalized spacial score (nSPS) is 18.9. The number of methoxy groups -OCH3 is 1. The molecule has 1 unspecified atom stereocenters. The second-order valence-electron chi connectivity index (χ2n) is 5.02. The van der Waals surface area contributed by atoms with E-state index in [0.717, 1.165) is 39.0 Å². The van der Waals surface area contributed by atoms with Crippen molar-refractivity contribution >= 4 is 11.9 Å². The van der Waals surface area contributed by atoms with Crippen LogP contribution in [0.15, 0.2) is 0 Å². The summed E-state index contributed by atoms with van der Waals surface area (Å²) in [6.07, 6.45) is 1.56. The Balaban J connectivity index is 2.50. The van der Waals surface area contributed by atoms with E-state index >= 15 is 0 Å². The number of carbonyl (C=O) groups excluding carboxylic acids is 2. The Morgan fingerprint density at radius 3 is 2.21 bits per heavy atom. The second-order valence-corrected chi connectivity index (χ2v) is 5.02. The van der Waals surface area contributed by atoms with Crippen LogP contribution < -0.4 is 0 Å². The lowest BCUT2D eigenvalue weighted by molar-refractivity contribution is -0.147. The number of ether oxygens (including phenoxy) is 1. The fraction of sp³-hybridized carbons (Fsp3) is 0.857. The molecule has 0 N–H and O–H groups in total. The van der Waals surface area contributed by atoms with Gasteiger partial charge in [0.1, 0.15) is 0 Å². The maximum absolute atomic E-state index is 12.3. The van der Waals surface area contributed by atoms with E-state index in [4.69, 9.17) is 4.74 Å². The van der Waals surface area contributed by atoms with Gasteiger partial charge in [-0.3, -0.25) is 14.5 Å². The van der Waals surface area contributed by atoms with Crippen LogP contribution in [0, 0.1) is 5.92 Å². The van der Waals surface area contributed by atoms with Gasteiger partial charge in [-0.15, -0.1) is 0 Å². The third kappa shape index (κ3) is 3.93. The second kappa shape index (κ2) is 7.48. The molecule has 5 nitrogen and oxygen atoms in total. The van der Waals surface area contributed by atoms with Gasteiger partial charge in [-0.05, 0) is 46.7 Å². The lowest BCUT2D eigenvalue weighted by Crippen LogP contribution is -2.50. The largest absolute Gasteiger partial charge is 0.469 e. The van der Waals surface area contributed by atoms with Gasteiger partial charge in [0.2, 0.25) is 5.91 Å². The predicted molar refractivity (Wildman–Crippen MR) is 73.7 cm³/mol. The van der Waals surface area contributed by atoms with Crippen molar-refractivity contribution in [2.45, 2.75) is 39.7 Å². The molecule has 1 amide bonds. The van der Waals surface area contributed by atoms with Crippen LogP contribution in [0.1, 0.15) is 33.6 Å². The molecule has 0 aromatic heterocycles. The van der Waals surface area contributed by atoms with Crippen molar-refractivity contribution in [3.8, 4) is 0 Å². The molecule has 1 aliphatic rings. The Bertz CT molecular complexity index is 308. The molecule has 110 valence electrons. The van der Waals surface area contributed by atoms with E-state index in [0.29, 0.717) is 0 Å². The molecule has 1 heterocycles. The van der Waals surface area contributed by atoms with Gasteiger partial charge in [0.25, 0.3) is 0 Å². The molecule has 19 heavy (non-hydrogen) atoms. The third-order valence-electron chi connectivity index (χ3n) is 4.04. The van der Waals surface area contributed by atoms with Crippen molar-refractivity contribution in [2.24, 2.45) is 5.92 Å². The molecular formula is C14H26N2O3. The van der Waals surface area contributed by atoms with Crippen LogP contribution in [0.3, 0.4) is 0 Å². The smallest absolute Gasteiger partial charge is 0.308 e. The first kappa shape index (κ1) is 16.0. The number of esters is 1. The summed E-state index contributed by atoms with van der Waals surface area (Å²) in [6.45, 7) is 9.02. The fourth-order valence-electron chi connectivity index (χ4n) is 2.64. The van der Waals surface area contributed by atoms with E-state index in [1.54, 1.807) is 0 Å². The number of nitrogens with zero attached hydrogens (tertiary/aromatic N) is 2. The summed E-state index contributed by atoms with van der Waals surface area (Å²) in [5, 5.41) is 0. The summed E-state index contributed by atoms with van der Waals surface area (Å²) in [5.74, 6) is 0.0564. The van der Waals surface area contributed by atoms with Crippen LogP contribution in [0.4, 0.5) is 0 Å². The average molecular weight is 270 g/mol. The summed E-state index contributed by atoms with van der Waals surface area (Å²) in [5.41, 5.74) is 0. The first-order valence-corrected chi connectivity index (χ1v) is 7.15. The maximum atomic E-state index is 12.3. The first-order valence-electron chi connectivity index (χ1n) is 7.15. The van der Waals surface area contributed by atoms with Crippen LogP contribution in [0.25, 0.3) is 0 Å². The predicted octanol–water partition coefficient (Wildman–Crippen LogP) is 1.13. The minimum atomic E-state index is -0.123. The third-order valence-corrected chi connectivity index (χ3v) is 4.04. The van der Waals surface area contributed by atoms with Gasteiger partial charge < -0.3 is 9.64 Å². The van der Waals surface area contributed by atoms with E-state index in [9.17, 15) is 9.59 Å². The highest BCUT2D eigenvalue weighted by atomic mass is 16.5. The van der Waals surface area contributed by atoms with Crippen molar-refractivity contribution in [3.63, 3.8) is 0 Å². The highest BCUT2D eigenvalue weighted by Crippen LogP contribution is 2.20. The minimum Gasteiger partial charge on any atom is -0.469 e. The Kier molecular flexibility index (Phi) is 6.28. The van der Waals surface area contributed by atoms with Gasteiger partial charge in [0.05, 0.1) is 19.1 Å². The number of likely N-dealkylation sites (N-methyl/N-ethyl adjacent to an activating group) is 1. The fourth-order valence-corrected chi connectivity index (χ4v) is 2.64. The maximum Gasteiger partial charge on any atom is 0.308 e. The minimum absolute atomic E-state index is 0.00277. The Hall–Kier alpha value is -1.10. The van der Waals surface area contributed by atoms with Crippen molar-refractivity contribution in [1.82, 2.24) is 9.80 Å². The summed E-state index contributed by atoms with van der Waals surface area (Å²) < 4.78 is 4.77. The lowest BCUT2D eigenvalue weighted by atomic mass is 9.96. The van der Waals surface area contributed by atoms with E-state index in [2.05, 4.69) is 4.90 Å². The van der Waals surface area contributed by atoms with Gasteiger partial charge in [-0.1, -0.05) is 0 Å². The molecule has 0 saturated carbocycles. The number of carbonyl (C=O) groups is 2. The Labute approximate surface area is 115 Å². The number of rotatable bonds is 5. The monoisotopic (exact) mass is 270 g/mol. The summed E-state index contributed by atoms with van der Waals surface area (Å²) >= 11 is 0. The molecule has 0 spiro atoms. The van der Waals surface area contributed by atoms with Crippen LogP contribution in [0.2, 0.25) is 0 Å². The SMILES string of the molecule is CCN(CC)C(=O)C(C)N1CCC(C(=O)OC)CC1. The van der Waals surface area contributed by atoms with E-state index in [-0.39, 0.29) is 23.8 Å². The van der Waals surface area contributed by atoms with Crippen LogP contribution in [-0.2, 0) is 14.3 Å². The molecule has 0 radical (unpaired) electrons. The number of hydrogen-bond donors (Lipinski definition) is 0. The molecule has 5 heteroatoms. The van der Waals surface area contributed by atoms with Gasteiger partial charge in [0, 0.05) is 13.1 Å². The van der Waals surface area contributed by atoms with E-state index in [1.165, 1.54) is 7.11 Å². The van der Waals surface area contributed by atoms with Crippen LogP contribution in [0.5, 0.6) is 0 Å². The standard InChI is InChI=1S/C14H26N2O3/c1-5-15(6-2)13(17)11(3)16-9-7-12(8-10-16)14(18)19-4/h11-12H,5-10H2,1-4H3. The molecule has 1 aliphatic heterocycles. The zero-order valence-corrected chi connectivity index (χ0v) is 12.5. The molecular weight excluding hydrogens is 244 g/mol. The Morgan fingerprint density at radius 1 is 1.26 bits per heavy atom. The van der Waals surface area contributed by atoms with Crippen molar-refractivity contribution in [1.29, 1.82) is 0 Å². The van der Waals surface area contributed by atoms with Crippen LogP contribution in [-0.4, -0.2) is 61.0 Å². The summed E-state index contributed by atoms with van der Waals surface area (Å²) in [7, 11) is 1.43. The Morgan fingerprint density at radius 2 is 1.79 bits per heavy atom. The number of likely N-dealkylation sites (tertiary alicyclic amines) is 1. The molecule has 0 aromatic carbocycles. The van der Waals surface area contributed by atoms with E-state index in [1.807, 2.05) is 25.7 Å². The highest BCUT2D eigenvalue weighted by Gasteiger charge is 2.31. The highest BCUT2D eigenvalue weighted by molar-refractivity contribution is 5.81. The zero-order valence-electron chi connectivity index (χ0n) is 12.5. The van der Waals surface area contributed by atoms with Crippen LogP contribution >= 0.6 is 0 Å². The molecule has 0 aromatic rings. The molecule has 1 fully saturated rings. The van der Waals surface area contributed by atoms with Crippen molar-refractivity contribution in [3.05, 3.63) is 0 Å². The zero-order chi connectivity index (χ0) is 14.4. The molecule has 0 aliphatic carbocycles. The van der Waals surface area contributed by atoms with Gasteiger partial charge in [-0.25, -0.2) is 0 Å². The summed E-state index contributed by atoms with van der Waals surface area (Å²) in [4.78, 5) is 27.8. The topological polar surface area (TPSA) is 49.9 Å². The number of hydrogen-bond acceptors (Lipinski definition) is 4. The first-order chi connectivity index (χ1) is 9.04. The van der Waals surface area contributed by atoms with Gasteiger partial charge >= 0.3 is 5.97 Å². The lowest BCUT2D eigenvalue weighted by Gasteiger charge is -2.36. The van der Waals surface area contributed by atoms with Gasteiger partial charge in [-0.2, -0.15) is 0 Å². The summed E-state index contributed by atoms with van der Waals surface area (Å²) in [6, 6.07) is -0.0986. The van der Waals surface area contributed by atoms with Crippen molar-refractivity contribution in [2.75, 3.05) is 33.3 Å². The quantitative estimate of drug-likeness (QED) is 0.703. The molecule has 1 rings (SSSR count). The van der Waals surface area contributed by atoms with E-state index < -0.39 is 0 Å². The molecule has 0 bridgehead atoms. The molecule has 1 saturated heterocycles. The van der Waals surface area contributed by atoms with Crippen molar-refractivity contribution < 1.29 is 14.3 Å². The molecule has 1 atom stereocenters. The number of piperidine rings is 1. The van der Waals surface area contributed by atoms with Gasteiger partial charge in [0.15, 0.2) is 0 Å². The average Bonchev–Trinajstić information content (AvgIpc) is 2.47. The number of amides is 1.